The Balaban J connectivity index is 2.40. The first kappa shape index (κ1) is 12.5. The maximum atomic E-state index is 13.2. The lowest BCUT2D eigenvalue weighted by Gasteiger charge is -2.12. The van der Waals surface area contributed by atoms with Gasteiger partial charge in [0.1, 0.15) is 5.82 Å². The van der Waals surface area contributed by atoms with Gasteiger partial charge in [-0.2, -0.15) is 0 Å². The van der Waals surface area contributed by atoms with E-state index in [1.54, 1.807) is 18.2 Å². The number of carbonyl (C=O) groups excluding carboxylic acids is 1. The van der Waals surface area contributed by atoms with Gasteiger partial charge in [0.05, 0.1) is 0 Å². The van der Waals surface area contributed by atoms with Crippen LogP contribution in [-0.2, 0) is 6.54 Å². The molecule has 88 valence electrons. The van der Waals surface area contributed by atoms with Crippen molar-refractivity contribution in [1.82, 2.24) is 10.6 Å². The molecule has 0 aliphatic rings. The van der Waals surface area contributed by atoms with Crippen molar-refractivity contribution in [2.24, 2.45) is 0 Å². The molecule has 3 nitrogen and oxygen atoms in total. The lowest BCUT2D eigenvalue weighted by atomic mass is 10.2. The topological polar surface area (TPSA) is 41.1 Å². The maximum absolute atomic E-state index is 13.2. The largest absolute Gasteiger partial charge is 0.336 e. The zero-order chi connectivity index (χ0) is 12.0. The molecule has 0 aliphatic heterocycles. The Labute approximate surface area is 95.0 Å². The van der Waals surface area contributed by atoms with Crippen LogP contribution in [0.1, 0.15) is 25.8 Å². The molecule has 0 fully saturated rings. The fourth-order valence-corrected chi connectivity index (χ4v) is 1.19. The van der Waals surface area contributed by atoms with Gasteiger partial charge >= 0.3 is 6.03 Å². The summed E-state index contributed by atoms with van der Waals surface area (Å²) >= 11 is 0. The van der Waals surface area contributed by atoms with E-state index in [1.807, 2.05) is 13.8 Å². The second kappa shape index (κ2) is 6.10. The zero-order valence-corrected chi connectivity index (χ0v) is 9.59. The third kappa shape index (κ3) is 3.88. The van der Waals surface area contributed by atoms with Crippen LogP contribution in [0.5, 0.6) is 0 Å². The van der Waals surface area contributed by atoms with Crippen LogP contribution in [0.2, 0.25) is 0 Å². The third-order valence-electron chi connectivity index (χ3n) is 2.39. The van der Waals surface area contributed by atoms with Crippen LogP contribution < -0.4 is 10.6 Å². The predicted octanol–water partition coefficient (Wildman–Crippen LogP) is 2.42. The minimum atomic E-state index is -0.300. The number of halogens is 1. The number of nitrogens with one attached hydrogen (secondary N) is 2. The minimum absolute atomic E-state index is 0.126. The summed E-state index contributed by atoms with van der Waals surface area (Å²) in [4.78, 5) is 11.4. The van der Waals surface area contributed by atoms with E-state index in [-0.39, 0.29) is 24.4 Å². The molecule has 0 heterocycles. The number of urea groups is 1. The summed E-state index contributed by atoms with van der Waals surface area (Å²) in [5.74, 6) is -0.300. The highest BCUT2D eigenvalue weighted by Gasteiger charge is 2.06. The summed E-state index contributed by atoms with van der Waals surface area (Å²) in [7, 11) is 0. The second-order valence-electron chi connectivity index (χ2n) is 3.73. The van der Waals surface area contributed by atoms with Crippen molar-refractivity contribution in [3.63, 3.8) is 0 Å². The first-order valence-corrected chi connectivity index (χ1v) is 5.41. The van der Waals surface area contributed by atoms with Crippen molar-refractivity contribution in [2.75, 3.05) is 0 Å². The second-order valence-corrected chi connectivity index (χ2v) is 3.73. The van der Waals surface area contributed by atoms with E-state index in [2.05, 4.69) is 10.6 Å². The molecule has 0 aromatic heterocycles. The van der Waals surface area contributed by atoms with Crippen molar-refractivity contribution < 1.29 is 9.18 Å². The van der Waals surface area contributed by atoms with Crippen LogP contribution in [0.4, 0.5) is 9.18 Å². The molecule has 0 bridgehead atoms. The van der Waals surface area contributed by atoms with E-state index in [1.165, 1.54) is 6.07 Å². The zero-order valence-electron chi connectivity index (χ0n) is 9.59. The molecule has 2 amide bonds. The van der Waals surface area contributed by atoms with Gasteiger partial charge in [0.25, 0.3) is 0 Å². The standard InChI is InChI=1S/C12H17FN2O/c1-3-9(2)15-12(16)14-8-10-6-4-5-7-11(10)13/h4-7,9H,3,8H2,1-2H3,(H2,14,15,16)/t9-/m1/s1. The quantitative estimate of drug-likeness (QED) is 0.810. The van der Waals surface area contributed by atoms with E-state index in [0.29, 0.717) is 5.56 Å². The van der Waals surface area contributed by atoms with Crippen LogP contribution in [0.3, 0.4) is 0 Å². The highest BCUT2D eigenvalue weighted by Crippen LogP contribution is 2.05. The number of rotatable bonds is 4. The SMILES string of the molecule is CC[C@@H](C)NC(=O)NCc1ccccc1F. The lowest BCUT2D eigenvalue weighted by Crippen LogP contribution is -2.40. The van der Waals surface area contributed by atoms with Crippen LogP contribution in [0.25, 0.3) is 0 Å². The van der Waals surface area contributed by atoms with Gasteiger partial charge in [0, 0.05) is 18.2 Å². The number of carbonyl (C=O) groups is 1. The van der Waals surface area contributed by atoms with Gasteiger partial charge in [0.15, 0.2) is 0 Å². The molecule has 2 N–H and O–H groups in total. The average Bonchev–Trinajstić information content (AvgIpc) is 2.28. The highest BCUT2D eigenvalue weighted by molar-refractivity contribution is 5.74. The smallest absolute Gasteiger partial charge is 0.315 e. The van der Waals surface area contributed by atoms with Gasteiger partial charge in [-0.1, -0.05) is 25.1 Å². The van der Waals surface area contributed by atoms with Crippen LogP contribution in [0.15, 0.2) is 24.3 Å². The lowest BCUT2D eigenvalue weighted by molar-refractivity contribution is 0.237. The normalized spacial score (nSPS) is 11.9. The molecule has 1 atom stereocenters. The summed E-state index contributed by atoms with van der Waals surface area (Å²) in [6, 6.07) is 6.26. The molecule has 0 radical (unpaired) electrons. The van der Waals surface area contributed by atoms with E-state index < -0.39 is 0 Å². The van der Waals surface area contributed by atoms with Crippen molar-refractivity contribution >= 4 is 6.03 Å². The summed E-state index contributed by atoms with van der Waals surface area (Å²) in [5.41, 5.74) is 0.488. The Hall–Kier alpha value is -1.58. The minimum Gasteiger partial charge on any atom is -0.336 e. The van der Waals surface area contributed by atoms with Crippen LogP contribution in [0, 0.1) is 5.82 Å². The Kier molecular flexibility index (Phi) is 4.76. The van der Waals surface area contributed by atoms with Gasteiger partial charge in [-0.15, -0.1) is 0 Å². The average molecular weight is 224 g/mol. The molecular weight excluding hydrogens is 207 g/mol. The van der Waals surface area contributed by atoms with E-state index in [4.69, 9.17) is 0 Å². The fourth-order valence-electron chi connectivity index (χ4n) is 1.19. The summed E-state index contributed by atoms with van der Waals surface area (Å²) < 4.78 is 13.2. The number of benzene rings is 1. The molecule has 0 unspecified atom stereocenters. The van der Waals surface area contributed by atoms with Gasteiger partial charge < -0.3 is 10.6 Å². The first-order chi connectivity index (χ1) is 7.63. The highest BCUT2D eigenvalue weighted by atomic mass is 19.1. The predicted molar refractivity (Wildman–Crippen MR) is 61.5 cm³/mol. The molecule has 0 spiro atoms. The summed E-state index contributed by atoms with van der Waals surface area (Å²) in [6.07, 6.45) is 0.868. The molecule has 4 heteroatoms. The molecular formula is C12H17FN2O. The fraction of sp³-hybridized carbons (Fsp3) is 0.417. The Morgan fingerprint density at radius 2 is 2.12 bits per heavy atom. The van der Waals surface area contributed by atoms with Crippen molar-refractivity contribution in [3.05, 3.63) is 35.6 Å². The molecule has 1 aromatic carbocycles. The summed E-state index contributed by atoms with van der Waals surface area (Å²) in [5, 5.41) is 5.36. The molecule has 0 saturated carbocycles. The first-order valence-electron chi connectivity index (χ1n) is 5.41. The van der Waals surface area contributed by atoms with Gasteiger partial charge in [0.2, 0.25) is 0 Å². The van der Waals surface area contributed by atoms with Gasteiger partial charge in [-0.3, -0.25) is 0 Å². The van der Waals surface area contributed by atoms with Gasteiger partial charge in [-0.05, 0) is 19.4 Å². The van der Waals surface area contributed by atoms with Crippen molar-refractivity contribution in [1.29, 1.82) is 0 Å². The van der Waals surface area contributed by atoms with E-state index in [9.17, 15) is 9.18 Å². The Morgan fingerprint density at radius 3 is 2.75 bits per heavy atom. The van der Waals surface area contributed by atoms with Gasteiger partial charge in [-0.25, -0.2) is 9.18 Å². The third-order valence-corrected chi connectivity index (χ3v) is 2.39. The van der Waals surface area contributed by atoms with Crippen molar-refractivity contribution in [3.8, 4) is 0 Å². The number of amides is 2. The molecule has 1 rings (SSSR count). The van der Waals surface area contributed by atoms with Crippen LogP contribution >= 0.6 is 0 Å². The van der Waals surface area contributed by atoms with Crippen molar-refractivity contribution in [2.45, 2.75) is 32.9 Å². The molecule has 16 heavy (non-hydrogen) atoms. The molecule has 0 saturated heterocycles. The monoisotopic (exact) mass is 224 g/mol. The molecule has 0 aliphatic carbocycles. The van der Waals surface area contributed by atoms with E-state index in [0.717, 1.165) is 6.42 Å². The summed E-state index contributed by atoms with van der Waals surface area (Å²) in [6.45, 7) is 4.11. The number of hydrogen-bond acceptors (Lipinski definition) is 1. The Morgan fingerprint density at radius 1 is 1.44 bits per heavy atom. The number of hydrogen-bond donors (Lipinski definition) is 2. The van der Waals surface area contributed by atoms with Crippen LogP contribution in [-0.4, -0.2) is 12.1 Å². The van der Waals surface area contributed by atoms with E-state index >= 15 is 0 Å². The molecule has 1 aromatic rings. The maximum Gasteiger partial charge on any atom is 0.315 e. The Bertz CT molecular complexity index is 355.